The molecule has 26 heavy (non-hydrogen) atoms. The highest BCUT2D eigenvalue weighted by atomic mass is 32.2. The number of methoxy groups -OCH3 is 2. The average molecular weight is 390 g/mol. The van der Waals surface area contributed by atoms with Gasteiger partial charge in [-0.25, -0.2) is 9.97 Å². The van der Waals surface area contributed by atoms with Gasteiger partial charge in [-0.1, -0.05) is 11.8 Å². The number of aryl methyl sites for hydroxylation is 2. The maximum atomic E-state index is 12.4. The molecule has 0 aliphatic heterocycles. The maximum Gasteiger partial charge on any atom is 0.234 e. The first-order chi connectivity index (χ1) is 12.5. The third-order valence-corrected chi connectivity index (χ3v) is 6.06. The van der Waals surface area contributed by atoms with Crippen molar-refractivity contribution in [2.24, 2.45) is 0 Å². The fourth-order valence-electron chi connectivity index (χ4n) is 2.48. The summed E-state index contributed by atoms with van der Waals surface area (Å²) in [6.45, 7) is 4.13. The molecule has 6 nitrogen and oxygen atoms in total. The highest BCUT2D eigenvalue weighted by molar-refractivity contribution is 8.00. The average Bonchev–Trinajstić information content (AvgIpc) is 2.95. The molecule has 136 valence electrons. The number of aromatic nitrogens is 2. The van der Waals surface area contributed by atoms with Crippen LogP contribution in [0.2, 0.25) is 0 Å². The molecule has 3 aromatic rings. The summed E-state index contributed by atoms with van der Waals surface area (Å²) in [5.74, 6) is 1.34. The smallest absolute Gasteiger partial charge is 0.234 e. The topological polar surface area (TPSA) is 73.3 Å². The van der Waals surface area contributed by atoms with Crippen molar-refractivity contribution >= 4 is 44.9 Å². The number of anilines is 1. The summed E-state index contributed by atoms with van der Waals surface area (Å²) in [6.07, 6.45) is 1.55. The van der Waals surface area contributed by atoms with Crippen LogP contribution in [-0.4, -0.2) is 35.8 Å². The molecule has 0 radical (unpaired) electrons. The number of hydrogen-bond donors (Lipinski definition) is 1. The van der Waals surface area contributed by atoms with Crippen molar-refractivity contribution in [2.45, 2.75) is 18.9 Å². The van der Waals surface area contributed by atoms with Gasteiger partial charge in [-0.15, -0.1) is 11.3 Å². The van der Waals surface area contributed by atoms with Gasteiger partial charge in [0.15, 0.2) is 0 Å². The highest BCUT2D eigenvalue weighted by Crippen LogP contribution is 2.34. The minimum Gasteiger partial charge on any atom is -0.497 e. The third kappa shape index (κ3) is 3.76. The van der Waals surface area contributed by atoms with Gasteiger partial charge in [0.25, 0.3) is 0 Å². The zero-order chi connectivity index (χ0) is 18.7. The molecule has 3 rings (SSSR count). The Bertz CT molecular complexity index is 956. The Morgan fingerprint density at radius 3 is 2.77 bits per heavy atom. The molecule has 8 heteroatoms. The van der Waals surface area contributed by atoms with E-state index in [1.165, 1.54) is 22.2 Å². The standard InChI is InChI=1S/C18H19N3O3S2/c1-10-11(2)26-18-16(10)17(19-9-20-18)25-8-15(22)21-13-6-5-12(23-3)7-14(13)24-4/h5-7,9H,8H2,1-4H3,(H,21,22). The van der Waals surface area contributed by atoms with Gasteiger partial charge in [0.1, 0.15) is 27.7 Å². The van der Waals surface area contributed by atoms with E-state index in [0.29, 0.717) is 17.2 Å². The SMILES string of the molecule is COc1ccc(NC(=O)CSc2ncnc3sc(C)c(C)c23)c(OC)c1. The predicted molar refractivity (Wildman–Crippen MR) is 106 cm³/mol. The largest absolute Gasteiger partial charge is 0.497 e. The molecule has 1 amide bonds. The lowest BCUT2D eigenvalue weighted by atomic mass is 10.2. The summed E-state index contributed by atoms with van der Waals surface area (Å²) in [7, 11) is 3.14. The molecule has 0 fully saturated rings. The molecule has 0 spiro atoms. The van der Waals surface area contributed by atoms with Crippen LogP contribution in [0.15, 0.2) is 29.6 Å². The number of thiophene rings is 1. The fraction of sp³-hybridized carbons (Fsp3) is 0.278. The van der Waals surface area contributed by atoms with E-state index in [2.05, 4.69) is 29.1 Å². The number of fused-ring (bicyclic) bond motifs is 1. The zero-order valence-corrected chi connectivity index (χ0v) is 16.6. The van der Waals surface area contributed by atoms with E-state index in [4.69, 9.17) is 9.47 Å². The van der Waals surface area contributed by atoms with Crippen LogP contribution in [0.25, 0.3) is 10.2 Å². The van der Waals surface area contributed by atoms with E-state index < -0.39 is 0 Å². The lowest BCUT2D eigenvalue weighted by molar-refractivity contribution is -0.113. The van der Waals surface area contributed by atoms with Gasteiger partial charge in [-0.3, -0.25) is 4.79 Å². The Balaban J connectivity index is 1.72. The van der Waals surface area contributed by atoms with Gasteiger partial charge in [-0.2, -0.15) is 0 Å². The molecule has 2 aromatic heterocycles. The van der Waals surface area contributed by atoms with E-state index >= 15 is 0 Å². The van der Waals surface area contributed by atoms with Crippen molar-refractivity contribution in [1.29, 1.82) is 0 Å². The number of carbonyl (C=O) groups excluding carboxylic acids is 1. The Labute approximate surface area is 160 Å². The summed E-state index contributed by atoms with van der Waals surface area (Å²) in [5, 5.41) is 4.73. The highest BCUT2D eigenvalue weighted by Gasteiger charge is 2.14. The molecule has 0 saturated heterocycles. The van der Waals surface area contributed by atoms with Crippen LogP contribution in [0, 0.1) is 13.8 Å². The number of thioether (sulfide) groups is 1. The molecule has 1 N–H and O–H groups in total. The van der Waals surface area contributed by atoms with Crippen LogP contribution in [-0.2, 0) is 4.79 Å². The Morgan fingerprint density at radius 2 is 2.04 bits per heavy atom. The molecular formula is C18H19N3O3S2. The van der Waals surface area contributed by atoms with Gasteiger partial charge < -0.3 is 14.8 Å². The Hall–Kier alpha value is -2.32. The van der Waals surface area contributed by atoms with Crippen LogP contribution in [0.5, 0.6) is 11.5 Å². The molecule has 0 unspecified atom stereocenters. The number of amides is 1. The van der Waals surface area contributed by atoms with Crippen molar-refractivity contribution in [3.05, 3.63) is 35.0 Å². The first kappa shape index (κ1) is 18.5. The van der Waals surface area contributed by atoms with Gasteiger partial charge in [0.05, 0.1) is 25.7 Å². The summed E-state index contributed by atoms with van der Waals surface area (Å²) < 4.78 is 10.5. The summed E-state index contributed by atoms with van der Waals surface area (Å²) in [6, 6.07) is 5.26. The number of hydrogen-bond acceptors (Lipinski definition) is 7. The van der Waals surface area contributed by atoms with Crippen molar-refractivity contribution in [3.63, 3.8) is 0 Å². The fourth-order valence-corrected chi connectivity index (χ4v) is 4.40. The maximum absolute atomic E-state index is 12.4. The quantitative estimate of drug-likeness (QED) is 0.506. The predicted octanol–water partition coefficient (Wildman–Crippen LogP) is 4.06. The van der Waals surface area contributed by atoms with Crippen LogP contribution in [0.3, 0.4) is 0 Å². The Morgan fingerprint density at radius 1 is 1.23 bits per heavy atom. The van der Waals surface area contributed by atoms with Gasteiger partial charge in [-0.05, 0) is 31.5 Å². The van der Waals surface area contributed by atoms with Gasteiger partial charge in [0, 0.05) is 16.3 Å². The number of ether oxygens (including phenoxy) is 2. The summed E-state index contributed by atoms with van der Waals surface area (Å²) in [4.78, 5) is 23.2. The summed E-state index contributed by atoms with van der Waals surface area (Å²) >= 11 is 3.05. The van der Waals surface area contributed by atoms with Gasteiger partial charge >= 0.3 is 0 Å². The van der Waals surface area contributed by atoms with Crippen molar-refractivity contribution in [3.8, 4) is 11.5 Å². The second-order valence-corrected chi connectivity index (χ2v) is 7.71. The monoisotopic (exact) mass is 389 g/mol. The number of nitrogens with zero attached hydrogens (tertiary/aromatic N) is 2. The minimum atomic E-state index is -0.130. The van der Waals surface area contributed by atoms with Crippen molar-refractivity contribution in [2.75, 3.05) is 25.3 Å². The van der Waals surface area contributed by atoms with Crippen LogP contribution < -0.4 is 14.8 Å². The molecule has 0 aliphatic carbocycles. The van der Waals surface area contributed by atoms with E-state index in [1.807, 2.05) is 0 Å². The second-order valence-electron chi connectivity index (χ2n) is 5.55. The molecular weight excluding hydrogens is 370 g/mol. The van der Waals surface area contributed by atoms with Crippen LogP contribution in [0.4, 0.5) is 5.69 Å². The minimum absolute atomic E-state index is 0.130. The lowest BCUT2D eigenvalue weighted by Gasteiger charge is -2.11. The number of benzene rings is 1. The number of nitrogens with one attached hydrogen (secondary N) is 1. The molecule has 1 aromatic carbocycles. The summed E-state index contributed by atoms with van der Waals surface area (Å²) in [5.41, 5.74) is 1.78. The number of rotatable bonds is 6. The van der Waals surface area contributed by atoms with E-state index in [-0.39, 0.29) is 11.7 Å². The molecule has 0 saturated carbocycles. The normalized spacial score (nSPS) is 10.8. The molecule has 0 atom stereocenters. The Kier molecular flexibility index (Phi) is 5.63. The van der Waals surface area contributed by atoms with Crippen molar-refractivity contribution < 1.29 is 14.3 Å². The van der Waals surface area contributed by atoms with E-state index in [0.717, 1.165) is 15.2 Å². The zero-order valence-electron chi connectivity index (χ0n) is 15.0. The van der Waals surface area contributed by atoms with E-state index in [1.54, 1.807) is 50.1 Å². The molecule has 0 bridgehead atoms. The van der Waals surface area contributed by atoms with Crippen LogP contribution >= 0.6 is 23.1 Å². The van der Waals surface area contributed by atoms with E-state index in [9.17, 15) is 4.79 Å². The van der Waals surface area contributed by atoms with Gasteiger partial charge in [0.2, 0.25) is 5.91 Å². The third-order valence-electron chi connectivity index (χ3n) is 3.95. The molecule has 0 aliphatic rings. The number of carbonyl (C=O) groups is 1. The first-order valence-corrected chi connectivity index (χ1v) is 9.69. The first-order valence-electron chi connectivity index (χ1n) is 7.89. The van der Waals surface area contributed by atoms with Crippen molar-refractivity contribution in [1.82, 2.24) is 9.97 Å². The molecule has 2 heterocycles. The lowest BCUT2D eigenvalue weighted by Crippen LogP contribution is -2.14. The second kappa shape index (κ2) is 7.92. The van der Waals surface area contributed by atoms with Crippen LogP contribution in [0.1, 0.15) is 10.4 Å².